The molecule has 2 aromatic carbocycles. The molecule has 0 atom stereocenters. The van der Waals surface area contributed by atoms with Crippen LogP contribution >= 0.6 is 11.6 Å². The van der Waals surface area contributed by atoms with E-state index in [1.165, 1.54) is 22.8 Å². The number of nitrogens with zero attached hydrogens (tertiary/aromatic N) is 4. The molecule has 4 aromatic rings. The summed E-state index contributed by atoms with van der Waals surface area (Å²) in [5, 5.41) is 0.689. The number of pyridine rings is 1. The fourth-order valence-electron chi connectivity index (χ4n) is 4.24. The van der Waals surface area contributed by atoms with Gasteiger partial charge in [0.15, 0.2) is 9.84 Å². The van der Waals surface area contributed by atoms with Crippen molar-refractivity contribution >= 4 is 27.4 Å². The van der Waals surface area contributed by atoms with Gasteiger partial charge in [-0.25, -0.2) is 18.4 Å². The molecule has 1 fully saturated rings. The van der Waals surface area contributed by atoms with Gasteiger partial charge in [0.05, 0.1) is 4.90 Å². The van der Waals surface area contributed by atoms with Gasteiger partial charge in [-0.2, -0.15) is 0 Å². The second-order valence-corrected chi connectivity index (χ2v) is 11.4. The summed E-state index contributed by atoms with van der Waals surface area (Å²) in [7, 11) is -3.29. The average molecular weight is 537 g/mol. The Hall–Kier alpha value is -3.69. The molecule has 0 saturated carbocycles. The average Bonchev–Trinajstić information content (AvgIpc) is 2.89. The number of ether oxygens (including phenoxy) is 1. The SMILES string of the molecule is CS(=O)(=O)c1ccc(-n2ccc(OC3CCN(c4ncc(-c5ccc(Cl)cc5)cn4)CC3)cc2=O)cc1. The van der Waals surface area contributed by atoms with Crippen LogP contribution < -0.4 is 15.2 Å². The summed E-state index contributed by atoms with van der Waals surface area (Å²) in [5.41, 5.74) is 2.27. The molecule has 37 heavy (non-hydrogen) atoms. The van der Waals surface area contributed by atoms with E-state index >= 15 is 0 Å². The van der Waals surface area contributed by atoms with Crippen molar-refractivity contribution in [1.29, 1.82) is 0 Å². The fraction of sp³-hybridized carbons (Fsp3) is 0.222. The van der Waals surface area contributed by atoms with E-state index in [-0.39, 0.29) is 16.6 Å². The topological polar surface area (TPSA) is 94.4 Å². The molecule has 5 rings (SSSR count). The Morgan fingerprint density at radius 3 is 2.16 bits per heavy atom. The summed E-state index contributed by atoms with van der Waals surface area (Å²) in [6, 6.07) is 17.0. The number of hydrogen-bond donors (Lipinski definition) is 0. The minimum atomic E-state index is -3.29. The summed E-state index contributed by atoms with van der Waals surface area (Å²) in [6.45, 7) is 1.49. The van der Waals surface area contributed by atoms with Crippen molar-refractivity contribution in [2.24, 2.45) is 0 Å². The van der Waals surface area contributed by atoms with Crippen LogP contribution in [0.25, 0.3) is 16.8 Å². The lowest BCUT2D eigenvalue weighted by Crippen LogP contribution is -2.39. The third-order valence-electron chi connectivity index (χ3n) is 6.28. The first kappa shape index (κ1) is 25.0. The molecule has 0 bridgehead atoms. The number of piperidine rings is 1. The highest BCUT2D eigenvalue weighted by atomic mass is 35.5. The van der Waals surface area contributed by atoms with E-state index in [4.69, 9.17) is 16.3 Å². The van der Waals surface area contributed by atoms with Crippen LogP contribution in [0.3, 0.4) is 0 Å². The molecule has 10 heteroatoms. The van der Waals surface area contributed by atoms with Crippen molar-refractivity contribution in [3.8, 4) is 22.6 Å². The highest BCUT2D eigenvalue weighted by Crippen LogP contribution is 2.24. The summed E-state index contributed by atoms with van der Waals surface area (Å²) >= 11 is 5.96. The van der Waals surface area contributed by atoms with E-state index < -0.39 is 9.84 Å². The van der Waals surface area contributed by atoms with Gasteiger partial charge in [-0.3, -0.25) is 9.36 Å². The minimum absolute atomic E-state index is 0.0196. The molecule has 0 unspecified atom stereocenters. The van der Waals surface area contributed by atoms with Crippen LogP contribution in [-0.4, -0.2) is 48.4 Å². The maximum absolute atomic E-state index is 12.7. The van der Waals surface area contributed by atoms with Crippen LogP contribution in [0, 0.1) is 0 Å². The molecule has 190 valence electrons. The van der Waals surface area contributed by atoms with Crippen LogP contribution in [0.1, 0.15) is 12.8 Å². The Balaban J connectivity index is 1.19. The van der Waals surface area contributed by atoms with E-state index in [1.807, 2.05) is 36.7 Å². The predicted octanol–water partition coefficient (Wildman–Crippen LogP) is 4.40. The summed E-state index contributed by atoms with van der Waals surface area (Å²) in [4.78, 5) is 24.1. The first-order valence-corrected chi connectivity index (χ1v) is 14.1. The highest BCUT2D eigenvalue weighted by molar-refractivity contribution is 7.90. The van der Waals surface area contributed by atoms with Gasteiger partial charge in [0.25, 0.3) is 5.56 Å². The van der Waals surface area contributed by atoms with E-state index in [0.29, 0.717) is 22.4 Å². The fourth-order valence-corrected chi connectivity index (χ4v) is 5.00. The maximum atomic E-state index is 12.7. The molecule has 2 aromatic heterocycles. The number of aromatic nitrogens is 3. The standard InChI is InChI=1S/C27H25ClN4O4S/c1-37(34,35)25-8-6-22(7-9-25)32-15-12-24(16-26(32)33)36-23-10-13-31(14-11-23)27-29-17-20(18-30-27)19-2-4-21(28)5-3-19/h2-9,12,15-18,23H,10-11,13-14H2,1H3. The van der Waals surface area contributed by atoms with Gasteiger partial charge in [0.1, 0.15) is 11.9 Å². The zero-order valence-corrected chi connectivity index (χ0v) is 21.7. The number of sulfone groups is 1. The Morgan fingerprint density at radius 2 is 1.57 bits per heavy atom. The van der Waals surface area contributed by atoms with Crippen LogP contribution in [0.2, 0.25) is 5.02 Å². The van der Waals surface area contributed by atoms with Crippen LogP contribution in [0.4, 0.5) is 5.95 Å². The number of hydrogen-bond acceptors (Lipinski definition) is 7. The lowest BCUT2D eigenvalue weighted by molar-refractivity contribution is 0.170. The molecular formula is C27H25ClN4O4S. The molecule has 3 heterocycles. The molecule has 1 saturated heterocycles. The smallest absolute Gasteiger partial charge is 0.258 e. The summed E-state index contributed by atoms with van der Waals surface area (Å²) in [6.07, 6.45) is 7.95. The third-order valence-corrected chi connectivity index (χ3v) is 7.66. The quantitative estimate of drug-likeness (QED) is 0.360. The number of benzene rings is 2. The van der Waals surface area contributed by atoms with E-state index in [1.54, 1.807) is 24.4 Å². The van der Waals surface area contributed by atoms with Crippen molar-refractivity contribution in [2.75, 3.05) is 24.2 Å². The number of rotatable bonds is 6. The monoisotopic (exact) mass is 536 g/mol. The molecule has 0 spiro atoms. The van der Waals surface area contributed by atoms with Crippen LogP contribution in [0.5, 0.6) is 5.75 Å². The van der Waals surface area contributed by atoms with Gasteiger partial charge >= 0.3 is 0 Å². The van der Waals surface area contributed by atoms with E-state index in [9.17, 15) is 13.2 Å². The van der Waals surface area contributed by atoms with Crippen molar-refractivity contribution in [1.82, 2.24) is 14.5 Å². The van der Waals surface area contributed by atoms with E-state index in [0.717, 1.165) is 43.3 Å². The van der Waals surface area contributed by atoms with Gasteiger partial charge in [-0.05, 0) is 48.0 Å². The Labute approximate surface area is 220 Å². The molecule has 0 aliphatic carbocycles. The third kappa shape index (κ3) is 5.84. The highest BCUT2D eigenvalue weighted by Gasteiger charge is 2.22. The molecule has 8 nitrogen and oxygen atoms in total. The Bertz CT molecular complexity index is 1550. The van der Waals surface area contributed by atoms with E-state index in [2.05, 4.69) is 14.9 Å². The lowest BCUT2D eigenvalue weighted by Gasteiger charge is -2.32. The van der Waals surface area contributed by atoms with Crippen LogP contribution in [-0.2, 0) is 9.84 Å². The Morgan fingerprint density at radius 1 is 0.919 bits per heavy atom. The van der Waals surface area contributed by atoms with Crippen molar-refractivity contribution in [2.45, 2.75) is 23.8 Å². The minimum Gasteiger partial charge on any atom is -0.490 e. The van der Waals surface area contributed by atoms with Gasteiger partial charge in [0, 0.05) is 73.1 Å². The molecule has 1 aliphatic rings. The molecular weight excluding hydrogens is 512 g/mol. The zero-order valence-electron chi connectivity index (χ0n) is 20.1. The van der Waals surface area contributed by atoms with Gasteiger partial charge in [0.2, 0.25) is 5.95 Å². The zero-order chi connectivity index (χ0) is 26.0. The van der Waals surface area contributed by atoms with Gasteiger partial charge < -0.3 is 9.64 Å². The molecule has 1 aliphatic heterocycles. The first-order chi connectivity index (χ1) is 17.8. The molecule has 0 amide bonds. The van der Waals surface area contributed by atoms with Crippen molar-refractivity contribution in [3.05, 3.63) is 94.6 Å². The largest absolute Gasteiger partial charge is 0.490 e. The second kappa shape index (κ2) is 10.4. The van der Waals surface area contributed by atoms with Crippen molar-refractivity contribution in [3.63, 3.8) is 0 Å². The molecule has 0 radical (unpaired) electrons. The summed E-state index contributed by atoms with van der Waals surface area (Å²) in [5.74, 6) is 1.19. The number of halogens is 1. The normalized spacial score (nSPS) is 14.5. The van der Waals surface area contributed by atoms with Crippen LogP contribution in [0.15, 0.2) is 88.9 Å². The second-order valence-electron chi connectivity index (χ2n) is 8.92. The summed E-state index contributed by atoms with van der Waals surface area (Å²) < 4.78 is 30.9. The molecule has 0 N–H and O–H groups in total. The lowest BCUT2D eigenvalue weighted by atomic mass is 10.1. The van der Waals surface area contributed by atoms with Gasteiger partial charge in [-0.15, -0.1) is 0 Å². The maximum Gasteiger partial charge on any atom is 0.258 e. The number of anilines is 1. The first-order valence-electron chi connectivity index (χ1n) is 11.8. The van der Waals surface area contributed by atoms with Crippen molar-refractivity contribution < 1.29 is 13.2 Å². The van der Waals surface area contributed by atoms with Gasteiger partial charge in [-0.1, -0.05) is 23.7 Å². The Kier molecular flexibility index (Phi) is 6.99. The predicted molar refractivity (Wildman–Crippen MR) is 143 cm³/mol.